The third kappa shape index (κ3) is 3.98. The van der Waals surface area contributed by atoms with Crippen LogP contribution >= 0.6 is 0 Å². The number of halogens is 2. The molecular formula is C14H17F2N3O2. The molecule has 0 bridgehead atoms. The number of nitrogens with one attached hydrogen (secondary N) is 1. The second-order valence-corrected chi connectivity index (χ2v) is 4.40. The molecule has 0 fully saturated rings. The highest BCUT2D eigenvalue weighted by Gasteiger charge is 2.14. The molecule has 114 valence electrons. The van der Waals surface area contributed by atoms with Crippen LogP contribution in [0.3, 0.4) is 0 Å². The minimum Gasteiger partial charge on any atom is -0.478 e. The lowest BCUT2D eigenvalue weighted by molar-refractivity contribution is 0.237. The Morgan fingerprint density at radius 1 is 1.14 bits per heavy atom. The largest absolute Gasteiger partial charge is 0.478 e. The van der Waals surface area contributed by atoms with Gasteiger partial charge in [0.25, 0.3) is 5.89 Å². The van der Waals surface area contributed by atoms with Crippen LogP contribution in [0.2, 0.25) is 0 Å². The van der Waals surface area contributed by atoms with Crippen LogP contribution < -0.4 is 10.1 Å². The molecule has 2 rings (SSSR count). The predicted molar refractivity (Wildman–Crippen MR) is 71.7 cm³/mol. The van der Waals surface area contributed by atoms with E-state index in [9.17, 15) is 8.78 Å². The van der Waals surface area contributed by atoms with Crippen molar-refractivity contribution < 1.29 is 17.9 Å². The Labute approximate surface area is 121 Å². The van der Waals surface area contributed by atoms with Crippen LogP contribution in [0.5, 0.6) is 5.75 Å². The van der Waals surface area contributed by atoms with Gasteiger partial charge in [0.2, 0.25) is 5.89 Å². The smallest absolute Gasteiger partial charge is 0.253 e. The minimum atomic E-state index is -0.752. The molecule has 2 aromatic rings. The number of rotatable bonds is 7. The molecule has 0 aliphatic carbocycles. The van der Waals surface area contributed by atoms with Gasteiger partial charge in [-0.05, 0) is 24.2 Å². The molecule has 1 aromatic heterocycles. The van der Waals surface area contributed by atoms with E-state index in [-0.39, 0.29) is 12.5 Å². The maximum Gasteiger partial charge on any atom is 0.253 e. The predicted octanol–water partition coefficient (Wildman–Crippen LogP) is 2.60. The fourth-order valence-corrected chi connectivity index (χ4v) is 1.75. The van der Waals surface area contributed by atoms with Crippen molar-refractivity contribution in [2.75, 3.05) is 6.54 Å². The highest BCUT2D eigenvalue weighted by Crippen LogP contribution is 2.24. The zero-order valence-corrected chi connectivity index (χ0v) is 11.9. The molecule has 0 aliphatic heterocycles. The molecule has 7 heteroatoms. The lowest BCUT2D eigenvalue weighted by Crippen LogP contribution is -2.12. The Kier molecular flexibility index (Phi) is 5.21. The van der Waals surface area contributed by atoms with E-state index in [0.717, 1.165) is 6.54 Å². The van der Waals surface area contributed by atoms with E-state index >= 15 is 0 Å². The van der Waals surface area contributed by atoms with E-state index in [2.05, 4.69) is 15.5 Å². The molecule has 21 heavy (non-hydrogen) atoms. The zero-order chi connectivity index (χ0) is 15.2. The summed E-state index contributed by atoms with van der Waals surface area (Å²) in [5.74, 6) is -1.30. The number of nitrogens with zero attached hydrogens (tertiary/aromatic N) is 2. The lowest BCUT2D eigenvalue weighted by Gasteiger charge is -2.09. The van der Waals surface area contributed by atoms with Gasteiger partial charge in [0.1, 0.15) is 0 Å². The average Bonchev–Trinajstić information content (AvgIpc) is 2.92. The first-order valence-electron chi connectivity index (χ1n) is 6.76. The first-order chi connectivity index (χ1) is 10.1. The molecule has 0 aliphatic rings. The van der Waals surface area contributed by atoms with Gasteiger partial charge in [-0.25, -0.2) is 8.78 Å². The van der Waals surface area contributed by atoms with Gasteiger partial charge in [-0.3, -0.25) is 0 Å². The Balaban J connectivity index is 2.05. The Morgan fingerprint density at radius 2 is 1.81 bits per heavy atom. The second kappa shape index (κ2) is 7.12. The molecule has 0 spiro atoms. The summed E-state index contributed by atoms with van der Waals surface area (Å²) in [5.41, 5.74) is 0.519. The van der Waals surface area contributed by atoms with Gasteiger partial charge in [0.05, 0.1) is 0 Å². The molecule has 0 unspecified atom stereocenters. The van der Waals surface area contributed by atoms with Crippen molar-refractivity contribution in [2.24, 2.45) is 0 Å². The molecular weight excluding hydrogens is 280 g/mol. The molecule has 0 amide bonds. The van der Waals surface area contributed by atoms with Gasteiger partial charge in [-0.2, -0.15) is 0 Å². The normalized spacial score (nSPS) is 10.9. The molecule has 0 atom stereocenters. The summed E-state index contributed by atoms with van der Waals surface area (Å²) in [4.78, 5) is 0. The van der Waals surface area contributed by atoms with Crippen LogP contribution in [0.25, 0.3) is 0 Å². The molecule has 1 N–H and O–H groups in total. The topological polar surface area (TPSA) is 60.2 Å². The van der Waals surface area contributed by atoms with Crippen molar-refractivity contribution in [1.29, 1.82) is 0 Å². The van der Waals surface area contributed by atoms with Crippen molar-refractivity contribution in [3.8, 4) is 5.75 Å². The first-order valence-corrected chi connectivity index (χ1v) is 6.76. The van der Waals surface area contributed by atoms with E-state index < -0.39 is 17.4 Å². The average molecular weight is 297 g/mol. The van der Waals surface area contributed by atoms with Crippen molar-refractivity contribution in [1.82, 2.24) is 15.5 Å². The Morgan fingerprint density at radius 3 is 2.38 bits per heavy atom. The quantitative estimate of drug-likeness (QED) is 0.851. The van der Waals surface area contributed by atoms with Crippen molar-refractivity contribution in [3.63, 3.8) is 0 Å². The van der Waals surface area contributed by atoms with Crippen molar-refractivity contribution in [2.45, 2.75) is 33.4 Å². The summed E-state index contributed by atoms with van der Waals surface area (Å²) in [6.45, 7) is 4.72. The van der Waals surface area contributed by atoms with Gasteiger partial charge in [0.15, 0.2) is 24.0 Å². The number of benzene rings is 1. The fourth-order valence-electron chi connectivity index (χ4n) is 1.75. The van der Waals surface area contributed by atoms with E-state index in [0.29, 0.717) is 24.4 Å². The standard InChI is InChI=1S/C14H17F2N3O2/c1-3-12-18-19-13(21-12)8-20-14-10(15)5-9(6-11(14)16)7-17-4-2/h5-6,17H,3-4,7-8H2,1-2H3. The second-order valence-electron chi connectivity index (χ2n) is 4.40. The van der Waals surface area contributed by atoms with Crippen LogP contribution in [0.1, 0.15) is 31.2 Å². The molecule has 0 saturated carbocycles. The summed E-state index contributed by atoms with van der Waals surface area (Å²) >= 11 is 0. The van der Waals surface area contributed by atoms with E-state index in [1.807, 2.05) is 13.8 Å². The molecule has 1 aromatic carbocycles. The van der Waals surface area contributed by atoms with Crippen molar-refractivity contribution >= 4 is 0 Å². The van der Waals surface area contributed by atoms with Crippen LogP contribution in [0, 0.1) is 11.6 Å². The maximum atomic E-state index is 13.9. The fraction of sp³-hybridized carbons (Fsp3) is 0.429. The van der Waals surface area contributed by atoms with E-state index in [1.165, 1.54) is 12.1 Å². The van der Waals surface area contributed by atoms with Gasteiger partial charge < -0.3 is 14.5 Å². The van der Waals surface area contributed by atoms with Gasteiger partial charge in [-0.15, -0.1) is 10.2 Å². The van der Waals surface area contributed by atoms with E-state index in [4.69, 9.17) is 9.15 Å². The Hall–Kier alpha value is -2.02. The first kappa shape index (κ1) is 15.4. The van der Waals surface area contributed by atoms with Gasteiger partial charge in [0, 0.05) is 13.0 Å². The third-order valence-electron chi connectivity index (χ3n) is 2.79. The minimum absolute atomic E-state index is 0.173. The summed E-state index contributed by atoms with van der Waals surface area (Å²) in [5, 5.41) is 10.5. The van der Waals surface area contributed by atoms with Gasteiger partial charge >= 0.3 is 0 Å². The third-order valence-corrected chi connectivity index (χ3v) is 2.79. The number of hydrogen-bond acceptors (Lipinski definition) is 5. The number of aromatic nitrogens is 2. The molecule has 0 radical (unpaired) electrons. The van der Waals surface area contributed by atoms with E-state index in [1.54, 1.807) is 0 Å². The summed E-state index contributed by atoms with van der Waals surface area (Å²) < 4.78 is 38.0. The van der Waals surface area contributed by atoms with Crippen LogP contribution in [0.4, 0.5) is 8.78 Å². The number of hydrogen-bond donors (Lipinski definition) is 1. The lowest BCUT2D eigenvalue weighted by atomic mass is 10.2. The van der Waals surface area contributed by atoms with Crippen LogP contribution in [0.15, 0.2) is 16.5 Å². The summed E-state index contributed by atoms with van der Waals surface area (Å²) in [7, 11) is 0. The summed E-state index contributed by atoms with van der Waals surface area (Å²) in [6, 6.07) is 2.48. The highest BCUT2D eigenvalue weighted by molar-refractivity contribution is 5.31. The van der Waals surface area contributed by atoms with Crippen molar-refractivity contribution in [3.05, 3.63) is 41.1 Å². The van der Waals surface area contributed by atoms with Gasteiger partial charge in [-0.1, -0.05) is 13.8 Å². The monoisotopic (exact) mass is 297 g/mol. The molecule has 1 heterocycles. The number of aryl methyl sites for hydroxylation is 1. The molecule has 0 saturated heterocycles. The maximum absolute atomic E-state index is 13.9. The molecule has 5 nitrogen and oxygen atoms in total. The number of ether oxygens (including phenoxy) is 1. The highest BCUT2D eigenvalue weighted by atomic mass is 19.1. The van der Waals surface area contributed by atoms with Crippen LogP contribution in [-0.2, 0) is 19.6 Å². The SMILES string of the molecule is CCNCc1cc(F)c(OCc2nnc(CC)o2)c(F)c1. The van der Waals surface area contributed by atoms with Crippen LogP contribution in [-0.4, -0.2) is 16.7 Å². The zero-order valence-electron chi connectivity index (χ0n) is 11.9. The summed E-state index contributed by atoms with van der Waals surface area (Å²) in [6.07, 6.45) is 0.592. The Bertz CT molecular complexity index is 579.